The van der Waals surface area contributed by atoms with Crippen LogP contribution in [0.3, 0.4) is 0 Å². The number of carbonyl (C=O) groups is 1. The lowest BCUT2D eigenvalue weighted by molar-refractivity contribution is -0.246. The van der Waals surface area contributed by atoms with Crippen molar-refractivity contribution in [2.24, 2.45) is 11.3 Å². The van der Waals surface area contributed by atoms with Crippen LogP contribution in [0.4, 0.5) is 0 Å². The van der Waals surface area contributed by atoms with Gasteiger partial charge in [-0.3, -0.25) is 4.79 Å². The summed E-state index contributed by atoms with van der Waals surface area (Å²) in [6, 6.07) is 0. The molecule has 3 nitrogen and oxygen atoms in total. The van der Waals surface area contributed by atoms with Crippen LogP contribution in [0.25, 0.3) is 0 Å². The standard InChI is InChI=1S/C15H22O3/c1-3-17-14-9-11-8-12(16)7-10-5-4-6-13(18-14)15(10,11)2/h7,11,13-14H,3-6,8-9H2,1-2H3/t11-,13-,14?,15-/m0/s1. The van der Waals surface area contributed by atoms with E-state index >= 15 is 0 Å². The van der Waals surface area contributed by atoms with Crippen LogP contribution in [-0.4, -0.2) is 24.8 Å². The van der Waals surface area contributed by atoms with Crippen LogP contribution in [0.5, 0.6) is 0 Å². The van der Waals surface area contributed by atoms with E-state index in [-0.39, 0.29) is 17.8 Å². The molecule has 1 saturated heterocycles. The van der Waals surface area contributed by atoms with Gasteiger partial charge in [-0.25, -0.2) is 0 Å². The van der Waals surface area contributed by atoms with Crippen molar-refractivity contribution >= 4 is 5.78 Å². The highest BCUT2D eigenvalue weighted by Gasteiger charge is 2.53. The molecule has 0 bridgehead atoms. The van der Waals surface area contributed by atoms with E-state index in [2.05, 4.69) is 6.92 Å². The zero-order valence-corrected chi connectivity index (χ0v) is 11.3. The van der Waals surface area contributed by atoms with Gasteiger partial charge in [0.05, 0.1) is 6.10 Å². The van der Waals surface area contributed by atoms with Gasteiger partial charge in [0.25, 0.3) is 0 Å². The second-order valence-electron chi connectivity index (χ2n) is 5.96. The third-order valence-corrected chi connectivity index (χ3v) is 5.05. The highest BCUT2D eigenvalue weighted by molar-refractivity contribution is 5.92. The molecule has 2 fully saturated rings. The molecule has 0 N–H and O–H groups in total. The Morgan fingerprint density at radius 1 is 1.56 bits per heavy atom. The normalized spacial score (nSPS) is 43.3. The molecule has 100 valence electrons. The van der Waals surface area contributed by atoms with Gasteiger partial charge >= 0.3 is 0 Å². The first-order valence-corrected chi connectivity index (χ1v) is 7.15. The minimum absolute atomic E-state index is 0.0831. The summed E-state index contributed by atoms with van der Waals surface area (Å²) in [4.78, 5) is 11.9. The summed E-state index contributed by atoms with van der Waals surface area (Å²) in [5.74, 6) is 0.700. The van der Waals surface area contributed by atoms with Gasteiger partial charge in [0.15, 0.2) is 12.1 Å². The Bertz CT molecular complexity index is 387. The van der Waals surface area contributed by atoms with Crippen molar-refractivity contribution in [2.45, 2.75) is 58.3 Å². The average molecular weight is 250 g/mol. The third kappa shape index (κ3) is 1.76. The summed E-state index contributed by atoms with van der Waals surface area (Å²) in [5, 5.41) is 0. The van der Waals surface area contributed by atoms with E-state index in [0.717, 1.165) is 25.7 Å². The number of ether oxygens (including phenoxy) is 2. The Balaban J connectivity index is 1.92. The molecule has 0 amide bonds. The molecule has 0 aromatic rings. The van der Waals surface area contributed by atoms with Gasteiger partial charge in [0.2, 0.25) is 0 Å². The van der Waals surface area contributed by atoms with Crippen molar-refractivity contribution < 1.29 is 14.3 Å². The van der Waals surface area contributed by atoms with Gasteiger partial charge in [0, 0.05) is 24.9 Å². The summed E-state index contributed by atoms with van der Waals surface area (Å²) >= 11 is 0. The van der Waals surface area contributed by atoms with E-state index in [1.54, 1.807) is 0 Å². The van der Waals surface area contributed by atoms with Crippen molar-refractivity contribution in [3.8, 4) is 0 Å². The van der Waals surface area contributed by atoms with Crippen LogP contribution in [-0.2, 0) is 14.3 Å². The Labute approximate surface area is 109 Å². The second-order valence-corrected chi connectivity index (χ2v) is 5.96. The molecule has 0 aromatic carbocycles. The maximum atomic E-state index is 11.9. The number of allylic oxidation sites excluding steroid dienone is 1. The molecule has 0 spiro atoms. The van der Waals surface area contributed by atoms with Gasteiger partial charge in [-0.05, 0) is 38.2 Å². The number of rotatable bonds is 2. The van der Waals surface area contributed by atoms with E-state index in [1.165, 1.54) is 5.57 Å². The minimum Gasteiger partial charge on any atom is -0.353 e. The monoisotopic (exact) mass is 250 g/mol. The van der Waals surface area contributed by atoms with Crippen LogP contribution in [0.2, 0.25) is 0 Å². The smallest absolute Gasteiger partial charge is 0.158 e. The predicted octanol–water partition coefficient (Wildman–Crippen LogP) is 2.84. The lowest BCUT2D eigenvalue weighted by atomic mass is 9.56. The summed E-state index contributed by atoms with van der Waals surface area (Å²) in [6.07, 6.45) is 6.86. The molecule has 3 rings (SSSR count). The van der Waals surface area contributed by atoms with Gasteiger partial charge in [-0.15, -0.1) is 0 Å². The molecular formula is C15H22O3. The lowest BCUT2D eigenvalue weighted by Gasteiger charge is -2.54. The minimum atomic E-state index is -0.108. The lowest BCUT2D eigenvalue weighted by Crippen LogP contribution is -2.54. The maximum absolute atomic E-state index is 11.9. The molecule has 1 heterocycles. The molecule has 3 heteroatoms. The van der Waals surface area contributed by atoms with E-state index in [1.807, 2.05) is 13.0 Å². The van der Waals surface area contributed by atoms with Crippen molar-refractivity contribution in [3.05, 3.63) is 11.6 Å². The fourth-order valence-electron chi connectivity index (χ4n) is 4.02. The summed E-state index contributed by atoms with van der Waals surface area (Å²) < 4.78 is 11.8. The van der Waals surface area contributed by atoms with Gasteiger partial charge in [-0.1, -0.05) is 12.5 Å². The first-order valence-electron chi connectivity index (χ1n) is 7.15. The fraction of sp³-hybridized carbons (Fsp3) is 0.800. The van der Waals surface area contributed by atoms with Crippen LogP contribution < -0.4 is 0 Å². The summed E-state index contributed by atoms with van der Waals surface area (Å²) in [6.45, 7) is 4.97. The van der Waals surface area contributed by atoms with Crippen LogP contribution >= 0.6 is 0 Å². The van der Waals surface area contributed by atoms with Crippen LogP contribution in [0, 0.1) is 11.3 Å². The molecule has 2 aliphatic carbocycles. The highest BCUT2D eigenvalue weighted by atomic mass is 16.7. The van der Waals surface area contributed by atoms with Gasteiger partial charge < -0.3 is 9.47 Å². The van der Waals surface area contributed by atoms with E-state index < -0.39 is 0 Å². The molecule has 1 aliphatic heterocycles. The Morgan fingerprint density at radius 2 is 2.39 bits per heavy atom. The molecule has 1 saturated carbocycles. The number of hydrogen-bond donors (Lipinski definition) is 0. The number of carbonyl (C=O) groups excluding carboxylic acids is 1. The summed E-state index contributed by atoms with van der Waals surface area (Å²) in [7, 11) is 0. The SMILES string of the molecule is CCOC1C[C@@H]2CC(=O)C=C3CCC[C@H](O1)[C@@]32C. The van der Waals surface area contributed by atoms with Crippen molar-refractivity contribution in [1.82, 2.24) is 0 Å². The third-order valence-electron chi connectivity index (χ3n) is 5.05. The molecule has 1 unspecified atom stereocenters. The Hall–Kier alpha value is -0.670. The molecule has 0 radical (unpaired) electrons. The van der Waals surface area contributed by atoms with Crippen LogP contribution in [0.1, 0.15) is 46.0 Å². The van der Waals surface area contributed by atoms with Crippen molar-refractivity contribution in [1.29, 1.82) is 0 Å². The largest absolute Gasteiger partial charge is 0.353 e. The highest BCUT2D eigenvalue weighted by Crippen LogP contribution is 2.55. The number of ketones is 1. The first-order chi connectivity index (χ1) is 8.64. The average Bonchev–Trinajstić information content (AvgIpc) is 2.31. The topological polar surface area (TPSA) is 35.5 Å². The van der Waals surface area contributed by atoms with Crippen molar-refractivity contribution in [3.63, 3.8) is 0 Å². The van der Waals surface area contributed by atoms with Gasteiger partial charge in [0.1, 0.15) is 0 Å². The quantitative estimate of drug-likeness (QED) is 0.756. The second kappa shape index (κ2) is 4.46. The summed E-state index contributed by atoms with van der Waals surface area (Å²) in [5.41, 5.74) is 1.41. The van der Waals surface area contributed by atoms with E-state index in [0.29, 0.717) is 24.7 Å². The zero-order valence-electron chi connectivity index (χ0n) is 11.3. The Morgan fingerprint density at radius 3 is 3.17 bits per heavy atom. The molecule has 0 aromatic heterocycles. The fourth-order valence-corrected chi connectivity index (χ4v) is 4.02. The van der Waals surface area contributed by atoms with Gasteiger partial charge in [-0.2, -0.15) is 0 Å². The van der Waals surface area contributed by atoms with Crippen molar-refractivity contribution in [2.75, 3.05) is 6.61 Å². The zero-order chi connectivity index (χ0) is 12.8. The molecule has 3 aliphatic rings. The molecule has 4 atom stereocenters. The maximum Gasteiger partial charge on any atom is 0.158 e. The van der Waals surface area contributed by atoms with E-state index in [9.17, 15) is 4.79 Å². The van der Waals surface area contributed by atoms with Crippen LogP contribution in [0.15, 0.2) is 11.6 Å². The first kappa shape index (κ1) is 12.4. The van der Waals surface area contributed by atoms with E-state index in [4.69, 9.17) is 9.47 Å². The predicted molar refractivity (Wildman–Crippen MR) is 68.1 cm³/mol. The number of hydrogen-bond acceptors (Lipinski definition) is 3. The Kier molecular flexibility index (Phi) is 3.07. The molecule has 18 heavy (non-hydrogen) atoms. The molecular weight excluding hydrogens is 228 g/mol.